The van der Waals surface area contributed by atoms with E-state index < -0.39 is 5.41 Å². The Morgan fingerprint density at radius 2 is 1.97 bits per heavy atom. The van der Waals surface area contributed by atoms with Gasteiger partial charge >= 0.3 is 0 Å². The number of para-hydroxylation sites is 1. The minimum absolute atomic E-state index is 0.0171. The Labute approximate surface area is 189 Å². The van der Waals surface area contributed by atoms with Crippen molar-refractivity contribution in [3.8, 4) is 5.75 Å². The maximum atomic E-state index is 13.3. The van der Waals surface area contributed by atoms with Crippen LogP contribution in [0.15, 0.2) is 34.9 Å². The molecule has 1 aliphatic heterocycles. The molecule has 0 N–H and O–H groups in total. The van der Waals surface area contributed by atoms with Gasteiger partial charge in [-0.05, 0) is 31.4 Å². The van der Waals surface area contributed by atoms with Gasteiger partial charge in [0.25, 0.3) is 5.91 Å². The Balaban J connectivity index is 1.55. The van der Waals surface area contributed by atoms with E-state index in [1.807, 2.05) is 18.2 Å². The lowest BCUT2D eigenvalue weighted by Gasteiger charge is -2.30. The summed E-state index contributed by atoms with van der Waals surface area (Å²) < 4.78 is 11.1. The van der Waals surface area contributed by atoms with Gasteiger partial charge in [0.15, 0.2) is 0 Å². The average Bonchev–Trinajstić information content (AvgIpc) is 3.47. The third kappa shape index (κ3) is 4.38. The number of benzene rings is 1. The van der Waals surface area contributed by atoms with Gasteiger partial charge in [0.05, 0.1) is 23.8 Å². The summed E-state index contributed by atoms with van der Waals surface area (Å²) in [5.74, 6) is 1.63. The fourth-order valence-electron chi connectivity index (χ4n) is 5.24. The van der Waals surface area contributed by atoms with Crippen LogP contribution in [0, 0.1) is 5.41 Å². The third-order valence-electron chi connectivity index (χ3n) is 6.95. The molecule has 1 aromatic carbocycles. The van der Waals surface area contributed by atoms with Crippen molar-refractivity contribution in [2.24, 2.45) is 5.41 Å². The number of rotatable bonds is 6. The van der Waals surface area contributed by atoms with Crippen molar-refractivity contribution in [1.29, 1.82) is 0 Å². The number of ether oxygens (including phenoxy) is 1. The first kappa shape index (κ1) is 22.4. The van der Waals surface area contributed by atoms with Gasteiger partial charge in [0, 0.05) is 45.6 Å². The van der Waals surface area contributed by atoms with Crippen molar-refractivity contribution in [2.75, 3.05) is 34.3 Å². The summed E-state index contributed by atoms with van der Waals surface area (Å²) in [5, 5.41) is 4.34. The van der Waals surface area contributed by atoms with Gasteiger partial charge in [-0.3, -0.25) is 9.59 Å². The molecule has 7 heteroatoms. The number of likely N-dealkylation sites (tertiary alicyclic amines) is 1. The molecule has 1 aromatic heterocycles. The highest BCUT2D eigenvalue weighted by molar-refractivity contribution is 5.98. The van der Waals surface area contributed by atoms with E-state index in [4.69, 9.17) is 9.26 Å². The zero-order valence-electron chi connectivity index (χ0n) is 19.3. The van der Waals surface area contributed by atoms with Crippen molar-refractivity contribution in [1.82, 2.24) is 15.0 Å². The van der Waals surface area contributed by atoms with Gasteiger partial charge in [0.1, 0.15) is 11.5 Å². The minimum Gasteiger partial charge on any atom is -0.496 e. The van der Waals surface area contributed by atoms with Gasteiger partial charge < -0.3 is 19.1 Å². The van der Waals surface area contributed by atoms with Gasteiger partial charge in [0.2, 0.25) is 5.91 Å². The summed E-state index contributed by atoms with van der Waals surface area (Å²) >= 11 is 0. The molecule has 2 amide bonds. The van der Waals surface area contributed by atoms with Gasteiger partial charge in [-0.15, -0.1) is 0 Å². The van der Waals surface area contributed by atoms with E-state index in [-0.39, 0.29) is 11.8 Å². The molecule has 2 fully saturated rings. The second-order valence-corrected chi connectivity index (χ2v) is 9.39. The van der Waals surface area contributed by atoms with Crippen LogP contribution in [0.5, 0.6) is 5.75 Å². The number of carbonyl (C=O) groups excluding carboxylic acids is 2. The highest BCUT2D eigenvalue weighted by Crippen LogP contribution is 2.39. The number of hydrogen-bond acceptors (Lipinski definition) is 5. The molecule has 1 aliphatic carbocycles. The number of aromatic nitrogens is 1. The smallest absolute Gasteiger partial charge is 0.257 e. The largest absolute Gasteiger partial charge is 0.496 e. The molecular formula is C25H33N3O4. The van der Waals surface area contributed by atoms with Crippen LogP contribution in [-0.4, -0.2) is 61.1 Å². The van der Waals surface area contributed by atoms with Crippen molar-refractivity contribution < 1.29 is 18.8 Å². The molecule has 1 saturated carbocycles. The molecule has 1 atom stereocenters. The quantitative estimate of drug-likeness (QED) is 0.682. The summed E-state index contributed by atoms with van der Waals surface area (Å²) in [6, 6.07) is 9.24. The van der Waals surface area contributed by atoms with Gasteiger partial charge in [-0.1, -0.05) is 36.6 Å². The third-order valence-corrected chi connectivity index (χ3v) is 6.95. The first-order valence-electron chi connectivity index (χ1n) is 11.5. The Kier molecular flexibility index (Phi) is 6.53. The maximum absolute atomic E-state index is 13.3. The van der Waals surface area contributed by atoms with Crippen LogP contribution in [0.2, 0.25) is 0 Å². The van der Waals surface area contributed by atoms with Crippen LogP contribution in [0.4, 0.5) is 0 Å². The highest BCUT2D eigenvalue weighted by Gasteiger charge is 2.48. The zero-order chi connectivity index (χ0) is 22.7. The molecule has 172 valence electrons. The van der Waals surface area contributed by atoms with Crippen LogP contribution < -0.4 is 4.74 Å². The van der Waals surface area contributed by atoms with E-state index >= 15 is 0 Å². The van der Waals surface area contributed by atoms with E-state index in [1.54, 1.807) is 43.1 Å². The van der Waals surface area contributed by atoms with E-state index in [1.165, 1.54) is 19.3 Å². The Morgan fingerprint density at radius 1 is 1.22 bits per heavy atom. The monoisotopic (exact) mass is 439 g/mol. The highest BCUT2D eigenvalue weighted by atomic mass is 16.5. The van der Waals surface area contributed by atoms with E-state index in [0.717, 1.165) is 24.3 Å². The molecule has 7 nitrogen and oxygen atoms in total. The second-order valence-electron chi connectivity index (χ2n) is 9.39. The van der Waals surface area contributed by atoms with Crippen molar-refractivity contribution in [3.05, 3.63) is 47.3 Å². The number of methoxy groups -OCH3 is 1. The predicted octanol–water partition coefficient (Wildman–Crippen LogP) is 3.89. The van der Waals surface area contributed by atoms with E-state index in [9.17, 15) is 9.59 Å². The van der Waals surface area contributed by atoms with E-state index in [2.05, 4.69) is 5.16 Å². The second kappa shape index (κ2) is 9.35. The normalized spacial score (nSPS) is 21.5. The molecule has 0 bridgehead atoms. The van der Waals surface area contributed by atoms with Crippen molar-refractivity contribution in [2.45, 2.75) is 50.9 Å². The van der Waals surface area contributed by atoms with Crippen LogP contribution in [0.25, 0.3) is 0 Å². The molecule has 2 aliphatic rings. The van der Waals surface area contributed by atoms with E-state index in [0.29, 0.717) is 43.2 Å². The van der Waals surface area contributed by atoms with Crippen LogP contribution >= 0.6 is 0 Å². The van der Waals surface area contributed by atoms with Crippen LogP contribution in [0.3, 0.4) is 0 Å². The fraction of sp³-hybridized carbons (Fsp3) is 0.560. The predicted molar refractivity (Wildman–Crippen MR) is 121 cm³/mol. The summed E-state index contributed by atoms with van der Waals surface area (Å²) in [7, 11) is 5.09. The Bertz CT molecular complexity index is 964. The number of hydrogen-bond donors (Lipinski definition) is 0. The topological polar surface area (TPSA) is 75.9 Å². The molecule has 32 heavy (non-hydrogen) atoms. The lowest BCUT2D eigenvalue weighted by Crippen LogP contribution is -2.44. The molecule has 0 unspecified atom stereocenters. The molecular weight excluding hydrogens is 406 g/mol. The molecule has 0 radical (unpaired) electrons. The number of carbonyl (C=O) groups is 2. The lowest BCUT2D eigenvalue weighted by atomic mass is 9.80. The molecule has 2 aromatic rings. The van der Waals surface area contributed by atoms with Gasteiger partial charge in [-0.2, -0.15) is 0 Å². The van der Waals surface area contributed by atoms with Crippen LogP contribution in [-0.2, 0) is 11.2 Å². The van der Waals surface area contributed by atoms with Crippen molar-refractivity contribution in [3.63, 3.8) is 0 Å². The minimum atomic E-state index is -0.718. The zero-order valence-corrected chi connectivity index (χ0v) is 19.3. The molecule has 2 heterocycles. The lowest BCUT2D eigenvalue weighted by molar-refractivity contribution is -0.139. The molecule has 4 rings (SSSR count). The van der Waals surface area contributed by atoms with Crippen LogP contribution in [0.1, 0.15) is 66.3 Å². The summed E-state index contributed by atoms with van der Waals surface area (Å²) in [6.07, 6.45) is 7.08. The van der Waals surface area contributed by atoms with Gasteiger partial charge in [-0.25, -0.2) is 0 Å². The SMILES string of the molecule is COc1ccccc1C(=O)N1CC[C@](Cc2cc(C3CCCCC3)no2)(C(=O)N(C)C)C1. The van der Waals surface area contributed by atoms with Crippen molar-refractivity contribution >= 4 is 11.8 Å². The summed E-state index contributed by atoms with van der Waals surface area (Å²) in [6.45, 7) is 0.862. The number of amides is 2. The Hall–Kier alpha value is -2.83. The Morgan fingerprint density at radius 3 is 2.69 bits per heavy atom. The fourth-order valence-corrected chi connectivity index (χ4v) is 5.24. The average molecular weight is 440 g/mol. The standard InChI is InChI=1S/C25H33N3O4/c1-27(2)24(30)25(16-19-15-21(26-32-19)18-9-5-4-6-10-18)13-14-28(17-25)23(29)20-11-7-8-12-22(20)31-3/h7-8,11-12,15,18H,4-6,9-10,13-14,16-17H2,1-3H3/t25-/m1/s1. The first-order valence-corrected chi connectivity index (χ1v) is 11.5. The first-order chi connectivity index (χ1) is 15.4. The molecule has 1 saturated heterocycles. The maximum Gasteiger partial charge on any atom is 0.257 e. The number of nitrogens with zero attached hydrogens (tertiary/aromatic N) is 3. The summed E-state index contributed by atoms with van der Waals surface area (Å²) in [4.78, 5) is 29.9. The molecule has 0 spiro atoms. The summed E-state index contributed by atoms with van der Waals surface area (Å²) in [5.41, 5.74) is 0.805.